The molecular weight excluding hydrogens is 244 g/mol. The molecule has 19 heavy (non-hydrogen) atoms. The Balaban J connectivity index is 2.95. The van der Waals surface area contributed by atoms with E-state index in [9.17, 15) is 10.1 Å². The molecule has 0 aliphatic heterocycles. The second-order valence-electron chi connectivity index (χ2n) is 4.56. The van der Waals surface area contributed by atoms with Gasteiger partial charge in [-0.15, -0.1) is 0 Å². The molecule has 0 amide bonds. The Hall–Kier alpha value is -1.85. The minimum Gasteiger partial charge on any atom is -0.383 e. The Morgan fingerprint density at radius 2 is 1.84 bits per heavy atom. The minimum atomic E-state index is -0.431. The van der Waals surface area contributed by atoms with Crippen molar-refractivity contribution in [3.8, 4) is 0 Å². The number of hydrogen-bond donors (Lipinski definition) is 1. The van der Waals surface area contributed by atoms with Gasteiger partial charge in [0.2, 0.25) is 0 Å². The van der Waals surface area contributed by atoms with Gasteiger partial charge < -0.3 is 10.6 Å². The van der Waals surface area contributed by atoms with Crippen molar-refractivity contribution in [1.29, 1.82) is 0 Å². The van der Waals surface area contributed by atoms with Gasteiger partial charge in [-0.3, -0.25) is 10.1 Å². The van der Waals surface area contributed by atoms with Gasteiger partial charge >= 0.3 is 0 Å². The van der Waals surface area contributed by atoms with Gasteiger partial charge in [0.25, 0.3) is 5.69 Å². The molecule has 0 bridgehead atoms. The van der Waals surface area contributed by atoms with E-state index in [0.29, 0.717) is 5.82 Å². The zero-order valence-electron chi connectivity index (χ0n) is 11.6. The van der Waals surface area contributed by atoms with Crippen LogP contribution < -0.4 is 10.6 Å². The Bertz CT molecular complexity index is 415. The third kappa shape index (κ3) is 4.73. The molecular formula is C13H22N4O2. The number of nitrogens with two attached hydrogens (primary N) is 1. The number of nitrogens with zero attached hydrogens (tertiary/aromatic N) is 3. The van der Waals surface area contributed by atoms with Crippen molar-refractivity contribution in [3.63, 3.8) is 0 Å². The van der Waals surface area contributed by atoms with E-state index in [1.54, 1.807) is 0 Å². The van der Waals surface area contributed by atoms with Crippen molar-refractivity contribution >= 4 is 17.3 Å². The third-order valence-electron chi connectivity index (χ3n) is 2.91. The lowest BCUT2D eigenvalue weighted by Crippen LogP contribution is -2.26. The maximum absolute atomic E-state index is 10.9. The number of hydrogen-bond acceptors (Lipinski definition) is 5. The maximum atomic E-state index is 10.9. The highest BCUT2D eigenvalue weighted by atomic mass is 16.6. The molecule has 0 unspecified atom stereocenters. The molecule has 1 heterocycles. The fourth-order valence-electron chi connectivity index (χ4n) is 1.83. The summed E-state index contributed by atoms with van der Waals surface area (Å²) in [5.41, 5.74) is 5.65. The SMILES string of the molecule is CCCCN(CCCC)c1cc([N+](=O)[O-])cc(N)n1. The molecule has 0 saturated carbocycles. The molecule has 6 heteroatoms. The summed E-state index contributed by atoms with van der Waals surface area (Å²) in [5.74, 6) is 0.802. The standard InChI is InChI=1S/C13H22N4O2/c1-3-5-7-16(8-6-4-2)13-10-11(17(18)19)9-12(14)15-13/h9-10H,3-8H2,1-2H3,(H2,14,15). The summed E-state index contributed by atoms with van der Waals surface area (Å²) in [6.07, 6.45) is 4.22. The number of pyridine rings is 1. The molecule has 0 radical (unpaired) electrons. The zero-order valence-corrected chi connectivity index (χ0v) is 11.6. The van der Waals surface area contributed by atoms with E-state index < -0.39 is 4.92 Å². The number of unbranched alkanes of at least 4 members (excludes halogenated alkanes) is 2. The Morgan fingerprint density at radius 1 is 1.26 bits per heavy atom. The molecule has 0 aliphatic rings. The van der Waals surface area contributed by atoms with Crippen LogP contribution in [-0.4, -0.2) is 23.0 Å². The van der Waals surface area contributed by atoms with Crippen molar-refractivity contribution in [3.05, 3.63) is 22.2 Å². The smallest absolute Gasteiger partial charge is 0.276 e. The number of rotatable bonds is 8. The van der Waals surface area contributed by atoms with Crippen LogP contribution in [0.4, 0.5) is 17.3 Å². The summed E-state index contributed by atoms with van der Waals surface area (Å²) in [4.78, 5) is 16.7. The van der Waals surface area contributed by atoms with Crippen LogP contribution in [0.25, 0.3) is 0 Å². The van der Waals surface area contributed by atoms with Gasteiger partial charge in [-0.2, -0.15) is 0 Å². The first-order chi connectivity index (χ1) is 9.08. The molecule has 2 N–H and O–H groups in total. The first-order valence-corrected chi connectivity index (χ1v) is 6.75. The molecule has 0 saturated heterocycles. The van der Waals surface area contributed by atoms with E-state index in [-0.39, 0.29) is 11.5 Å². The number of nitro groups is 1. The monoisotopic (exact) mass is 266 g/mol. The largest absolute Gasteiger partial charge is 0.383 e. The first-order valence-electron chi connectivity index (χ1n) is 6.75. The van der Waals surface area contributed by atoms with Gasteiger partial charge in [0.15, 0.2) is 0 Å². The summed E-state index contributed by atoms with van der Waals surface area (Å²) in [5, 5.41) is 10.9. The lowest BCUT2D eigenvalue weighted by molar-refractivity contribution is -0.384. The second kappa shape index (κ2) is 7.56. The fourth-order valence-corrected chi connectivity index (χ4v) is 1.83. The van der Waals surface area contributed by atoms with Gasteiger partial charge in [-0.05, 0) is 12.8 Å². The van der Waals surface area contributed by atoms with Gasteiger partial charge in [0.05, 0.1) is 17.1 Å². The van der Waals surface area contributed by atoms with Crippen molar-refractivity contribution in [2.75, 3.05) is 23.7 Å². The highest BCUT2D eigenvalue weighted by Crippen LogP contribution is 2.22. The molecule has 106 valence electrons. The molecule has 0 atom stereocenters. The van der Waals surface area contributed by atoms with Crippen molar-refractivity contribution in [2.45, 2.75) is 39.5 Å². The lowest BCUT2D eigenvalue weighted by Gasteiger charge is -2.23. The van der Waals surface area contributed by atoms with Crippen LogP contribution in [0.3, 0.4) is 0 Å². The normalized spacial score (nSPS) is 10.4. The minimum absolute atomic E-state index is 0.000460. The fraction of sp³-hybridized carbons (Fsp3) is 0.615. The van der Waals surface area contributed by atoms with Gasteiger partial charge in [-0.1, -0.05) is 26.7 Å². The van der Waals surface area contributed by atoms with Gasteiger partial charge in [-0.25, -0.2) is 4.98 Å². The summed E-state index contributed by atoms with van der Waals surface area (Å²) in [7, 11) is 0. The van der Waals surface area contributed by atoms with E-state index in [1.807, 2.05) is 0 Å². The molecule has 1 aromatic heterocycles. The van der Waals surface area contributed by atoms with E-state index in [1.165, 1.54) is 12.1 Å². The highest BCUT2D eigenvalue weighted by Gasteiger charge is 2.14. The summed E-state index contributed by atoms with van der Waals surface area (Å²) in [6, 6.07) is 2.79. The van der Waals surface area contributed by atoms with Crippen LogP contribution in [0.5, 0.6) is 0 Å². The highest BCUT2D eigenvalue weighted by molar-refractivity contribution is 5.54. The maximum Gasteiger partial charge on any atom is 0.276 e. The molecule has 0 aromatic carbocycles. The average Bonchev–Trinajstić information content (AvgIpc) is 2.38. The molecule has 1 aromatic rings. The van der Waals surface area contributed by atoms with Crippen molar-refractivity contribution in [1.82, 2.24) is 4.98 Å². The van der Waals surface area contributed by atoms with E-state index in [4.69, 9.17) is 5.73 Å². The summed E-state index contributed by atoms with van der Waals surface area (Å²) < 4.78 is 0. The summed E-state index contributed by atoms with van der Waals surface area (Å²) >= 11 is 0. The Morgan fingerprint density at radius 3 is 2.32 bits per heavy atom. The second-order valence-corrected chi connectivity index (χ2v) is 4.56. The van der Waals surface area contributed by atoms with E-state index >= 15 is 0 Å². The van der Waals surface area contributed by atoms with Crippen molar-refractivity contribution < 1.29 is 4.92 Å². The lowest BCUT2D eigenvalue weighted by atomic mass is 10.2. The van der Waals surface area contributed by atoms with Gasteiger partial charge in [0, 0.05) is 13.1 Å². The van der Waals surface area contributed by atoms with Crippen LogP contribution in [0.1, 0.15) is 39.5 Å². The Kier molecular flexibility index (Phi) is 6.05. The van der Waals surface area contributed by atoms with E-state index in [2.05, 4.69) is 23.7 Å². The zero-order chi connectivity index (χ0) is 14.3. The molecule has 0 aliphatic carbocycles. The van der Waals surface area contributed by atoms with Gasteiger partial charge in [0.1, 0.15) is 11.6 Å². The molecule has 0 spiro atoms. The predicted molar refractivity (Wildman–Crippen MR) is 77.3 cm³/mol. The van der Waals surface area contributed by atoms with Crippen molar-refractivity contribution in [2.24, 2.45) is 0 Å². The number of anilines is 2. The molecule has 6 nitrogen and oxygen atoms in total. The van der Waals surface area contributed by atoms with E-state index in [0.717, 1.165) is 38.8 Å². The Labute approximate surface area is 113 Å². The first kappa shape index (κ1) is 15.2. The van der Waals surface area contributed by atoms with Crippen LogP contribution in [-0.2, 0) is 0 Å². The number of nitrogen functional groups attached to an aromatic ring is 1. The quantitative estimate of drug-likeness (QED) is 0.577. The van der Waals surface area contributed by atoms with Crippen LogP contribution in [0.15, 0.2) is 12.1 Å². The van der Waals surface area contributed by atoms with Crippen LogP contribution in [0, 0.1) is 10.1 Å². The summed E-state index contributed by atoms with van der Waals surface area (Å²) in [6.45, 7) is 5.94. The molecule has 0 fully saturated rings. The van der Waals surface area contributed by atoms with Crippen LogP contribution in [0.2, 0.25) is 0 Å². The topological polar surface area (TPSA) is 85.3 Å². The number of aromatic nitrogens is 1. The van der Waals surface area contributed by atoms with Crippen LogP contribution >= 0.6 is 0 Å². The average molecular weight is 266 g/mol. The predicted octanol–water partition coefficient (Wildman–Crippen LogP) is 2.98. The molecule has 1 rings (SSSR count). The third-order valence-corrected chi connectivity index (χ3v) is 2.91.